The predicted molar refractivity (Wildman–Crippen MR) is 154 cm³/mol. The van der Waals surface area contributed by atoms with Gasteiger partial charge < -0.3 is 29.7 Å². The summed E-state index contributed by atoms with van der Waals surface area (Å²) in [4.78, 5) is 56.6. The smallest absolute Gasteiger partial charge is 0.312 e. The fourth-order valence-corrected chi connectivity index (χ4v) is 6.68. The highest BCUT2D eigenvalue weighted by molar-refractivity contribution is 5.98. The summed E-state index contributed by atoms with van der Waals surface area (Å²) in [5.74, 6) is -3.45. The molecule has 0 aliphatic carbocycles. The van der Waals surface area contributed by atoms with Gasteiger partial charge in [0.2, 0.25) is 17.7 Å². The van der Waals surface area contributed by atoms with Crippen molar-refractivity contribution in [1.29, 1.82) is 0 Å². The van der Waals surface area contributed by atoms with Crippen LogP contribution in [-0.2, 0) is 35.3 Å². The van der Waals surface area contributed by atoms with Crippen molar-refractivity contribution in [2.24, 2.45) is 11.8 Å². The van der Waals surface area contributed by atoms with Crippen molar-refractivity contribution in [1.82, 2.24) is 30.1 Å². The van der Waals surface area contributed by atoms with Gasteiger partial charge in [0, 0.05) is 19.5 Å². The summed E-state index contributed by atoms with van der Waals surface area (Å²) < 4.78 is 13.7. The number of aromatic nitrogens is 3. The maximum absolute atomic E-state index is 14.3. The maximum Gasteiger partial charge on any atom is 0.312 e. The SMILES string of the molecule is C=CCCC(=O)NC[C@H](C)OC(=O)[C@@H]1[C@@H]2CC[C@]3(O2)[C@H](C(=O)N(CC=C)Cn2nnc4ccccc42)N(CCO)C(=O)[C@@H]13. The van der Waals surface area contributed by atoms with Gasteiger partial charge in [-0.05, 0) is 38.3 Å². The molecule has 2 aromatic rings. The van der Waals surface area contributed by atoms with Crippen LogP contribution in [0, 0.1) is 11.8 Å². The standard InChI is InChI=1S/C30H38N6O7/c1-4-6-11-23(38)31-17-19(3)42-29(41)24-22-12-13-30(43-22)25(24)27(39)35(15-16-37)26(30)28(40)34(14-5-2)18-36-21-10-8-7-9-20(21)32-33-36/h4-5,7-10,19,22,24-26,37H,1-2,6,11-18H2,3H3,(H,31,38)/t19-,22-,24+,25+,26-,30+/m0/s1. The molecule has 0 unspecified atom stereocenters. The van der Waals surface area contributed by atoms with Crippen molar-refractivity contribution in [2.45, 2.75) is 63.1 Å². The van der Waals surface area contributed by atoms with Crippen molar-refractivity contribution >= 4 is 34.7 Å². The zero-order valence-corrected chi connectivity index (χ0v) is 24.3. The predicted octanol–water partition coefficient (Wildman–Crippen LogP) is 0.784. The number of β-amino-alcohol motifs (C(OH)–C–C–N with tert-alkyl or cyclic N) is 1. The molecule has 1 spiro atoms. The summed E-state index contributed by atoms with van der Waals surface area (Å²) in [6.45, 7) is 8.94. The molecule has 0 radical (unpaired) electrons. The van der Waals surface area contributed by atoms with Crippen LogP contribution in [0.1, 0.15) is 32.6 Å². The number of aliphatic hydroxyl groups excluding tert-OH is 1. The molecule has 4 heterocycles. The van der Waals surface area contributed by atoms with Crippen molar-refractivity contribution in [2.75, 3.05) is 26.2 Å². The number of amides is 3. The van der Waals surface area contributed by atoms with E-state index in [0.717, 1.165) is 5.52 Å². The Morgan fingerprint density at radius 2 is 2.09 bits per heavy atom. The van der Waals surface area contributed by atoms with Crippen LogP contribution in [0.4, 0.5) is 0 Å². The molecular formula is C30H38N6O7. The van der Waals surface area contributed by atoms with Gasteiger partial charge >= 0.3 is 5.97 Å². The minimum absolute atomic E-state index is 0.0503. The Balaban J connectivity index is 1.37. The molecule has 3 aliphatic rings. The van der Waals surface area contributed by atoms with E-state index in [-0.39, 0.29) is 45.2 Å². The normalized spacial score (nSPS) is 26.3. The van der Waals surface area contributed by atoms with E-state index in [1.165, 1.54) is 9.80 Å². The quantitative estimate of drug-likeness (QED) is 0.238. The largest absolute Gasteiger partial charge is 0.460 e. The molecule has 3 amide bonds. The highest BCUT2D eigenvalue weighted by Gasteiger charge is 2.75. The molecule has 3 aliphatic heterocycles. The number of nitrogens with zero attached hydrogens (tertiary/aromatic N) is 5. The van der Waals surface area contributed by atoms with Crippen LogP contribution >= 0.6 is 0 Å². The summed E-state index contributed by atoms with van der Waals surface area (Å²) >= 11 is 0. The first kappa shape index (κ1) is 30.4. The van der Waals surface area contributed by atoms with Crippen LogP contribution < -0.4 is 5.32 Å². The topological polar surface area (TPSA) is 156 Å². The number of para-hydroxylation sites is 1. The Bertz CT molecular complexity index is 1410. The Morgan fingerprint density at radius 3 is 2.84 bits per heavy atom. The zero-order chi connectivity index (χ0) is 30.7. The number of hydrogen-bond donors (Lipinski definition) is 2. The number of esters is 1. The number of rotatable bonds is 14. The van der Waals surface area contributed by atoms with Gasteiger partial charge in [0.1, 0.15) is 29.9 Å². The number of carbonyl (C=O) groups excluding carboxylic acids is 4. The first-order valence-corrected chi connectivity index (χ1v) is 14.6. The molecule has 3 fully saturated rings. The van der Waals surface area contributed by atoms with Gasteiger partial charge in [-0.1, -0.05) is 29.5 Å². The van der Waals surface area contributed by atoms with Gasteiger partial charge in [0.25, 0.3) is 0 Å². The van der Waals surface area contributed by atoms with Gasteiger partial charge in [-0.3, -0.25) is 19.2 Å². The minimum atomic E-state index is -1.25. The van der Waals surface area contributed by atoms with Crippen molar-refractivity contribution in [3.05, 3.63) is 49.6 Å². The summed E-state index contributed by atoms with van der Waals surface area (Å²) in [6.07, 6.45) is 3.71. The fourth-order valence-electron chi connectivity index (χ4n) is 6.68. The number of hydrogen-bond acceptors (Lipinski definition) is 9. The number of ether oxygens (including phenoxy) is 2. The lowest BCUT2D eigenvalue weighted by Gasteiger charge is -2.36. The lowest BCUT2D eigenvalue weighted by atomic mass is 9.70. The van der Waals surface area contributed by atoms with E-state index in [2.05, 4.69) is 28.8 Å². The second-order valence-corrected chi connectivity index (χ2v) is 11.3. The summed E-state index contributed by atoms with van der Waals surface area (Å²) in [5.41, 5.74) is 0.167. The number of likely N-dealkylation sites (tertiary alicyclic amines) is 1. The highest BCUT2D eigenvalue weighted by Crippen LogP contribution is 2.58. The fraction of sp³-hybridized carbons (Fsp3) is 0.533. The third kappa shape index (κ3) is 5.54. The van der Waals surface area contributed by atoms with Crippen LogP contribution in [0.3, 0.4) is 0 Å². The molecular weight excluding hydrogens is 556 g/mol. The number of allylic oxidation sites excluding steroid dienone is 1. The summed E-state index contributed by atoms with van der Waals surface area (Å²) in [6, 6.07) is 6.31. The van der Waals surface area contributed by atoms with Crippen molar-refractivity contribution in [3.63, 3.8) is 0 Å². The van der Waals surface area contributed by atoms with E-state index in [9.17, 15) is 24.3 Å². The van der Waals surface area contributed by atoms with Crippen molar-refractivity contribution < 1.29 is 33.8 Å². The molecule has 2 bridgehead atoms. The van der Waals surface area contributed by atoms with Crippen molar-refractivity contribution in [3.8, 4) is 0 Å². The van der Waals surface area contributed by atoms with Crippen LogP contribution in [0.15, 0.2) is 49.6 Å². The molecule has 13 nitrogen and oxygen atoms in total. The first-order valence-electron chi connectivity index (χ1n) is 14.6. The molecule has 13 heteroatoms. The molecule has 2 N–H and O–H groups in total. The molecule has 0 saturated carbocycles. The maximum atomic E-state index is 14.3. The number of aliphatic hydroxyl groups is 1. The van der Waals surface area contributed by atoms with Gasteiger partial charge in [0.15, 0.2) is 0 Å². The zero-order valence-electron chi connectivity index (χ0n) is 24.3. The Hall–Kier alpha value is -4.10. The van der Waals surface area contributed by atoms with E-state index in [4.69, 9.17) is 9.47 Å². The number of benzene rings is 1. The van der Waals surface area contributed by atoms with Gasteiger partial charge in [-0.25, -0.2) is 4.68 Å². The lowest BCUT2D eigenvalue weighted by Crippen LogP contribution is -2.56. The lowest BCUT2D eigenvalue weighted by molar-refractivity contribution is -0.159. The third-order valence-corrected chi connectivity index (χ3v) is 8.51. The van der Waals surface area contributed by atoms with Crippen LogP contribution in [-0.4, -0.2) is 104 Å². The van der Waals surface area contributed by atoms with E-state index < -0.39 is 53.5 Å². The van der Waals surface area contributed by atoms with Gasteiger partial charge in [-0.2, -0.15) is 0 Å². The second kappa shape index (κ2) is 12.6. The van der Waals surface area contributed by atoms with Crippen LogP contribution in [0.25, 0.3) is 11.0 Å². The van der Waals surface area contributed by atoms with E-state index in [1.807, 2.05) is 24.3 Å². The van der Waals surface area contributed by atoms with E-state index in [0.29, 0.717) is 24.8 Å². The Kier molecular flexibility index (Phi) is 8.92. The molecule has 1 aromatic heterocycles. The minimum Gasteiger partial charge on any atom is -0.460 e. The van der Waals surface area contributed by atoms with Crippen LogP contribution in [0.2, 0.25) is 0 Å². The number of nitrogens with one attached hydrogen (secondary N) is 1. The Morgan fingerprint density at radius 1 is 1.30 bits per heavy atom. The molecule has 230 valence electrons. The van der Waals surface area contributed by atoms with Crippen LogP contribution in [0.5, 0.6) is 0 Å². The molecule has 3 saturated heterocycles. The highest BCUT2D eigenvalue weighted by atomic mass is 16.6. The molecule has 43 heavy (non-hydrogen) atoms. The monoisotopic (exact) mass is 594 g/mol. The third-order valence-electron chi connectivity index (χ3n) is 8.51. The molecule has 1 aromatic carbocycles. The van der Waals surface area contributed by atoms with Gasteiger partial charge in [0.05, 0.1) is 36.6 Å². The molecule has 5 rings (SSSR count). The Labute approximate surface area is 249 Å². The van der Waals surface area contributed by atoms with E-state index in [1.54, 1.807) is 23.8 Å². The number of fused-ring (bicyclic) bond motifs is 2. The summed E-state index contributed by atoms with van der Waals surface area (Å²) in [5, 5.41) is 21.0. The first-order chi connectivity index (χ1) is 20.7. The van der Waals surface area contributed by atoms with E-state index >= 15 is 0 Å². The average Bonchev–Trinajstić information content (AvgIpc) is 3.74. The summed E-state index contributed by atoms with van der Waals surface area (Å²) in [7, 11) is 0. The molecule has 6 atom stereocenters. The average molecular weight is 595 g/mol. The number of carbonyl (C=O) groups is 4. The van der Waals surface area contributed by atoms with Gasteiger partial charge in [-0.15, -0.1) is 18.3 Å². The second-order valence-electron chi connectivity index (χ2n) is 11.3.